The van der Waals surface area contributed by atoms with Crippen LogP contribution in [0.25, 0.3) is 11.4 Å². The van der Waals surface area contributed by atoms with Crippen LogP contribution in [0.3, 0.4) is 0 Å². The molecule has 5 aromatic carbocycles. The maximum absolute atomic E-state index is 13.7. The third-order valence-electron chi connectivity index (χ3n) is 7.38. The molecule has 6 aromatic rings. The summed E-state index contributed by atoms with van der Waals surface area (Å²) >= 11 is 0. The molecule has 7 nitrogen and oxygen atoms in total. The fourth-order valence-corrected chi connectivity index (χ4v) is 12.4. The molecule has 1 heterocycles. The van der Waals surface area contributed by atoms with Crippen molar-refractivity contribution >= 4 is 33.3 Å². The summed E-state index contributed by atoms with van der Waals surface area (Å²) in [6.45, 7) is 0. The van der Waals surface area contributed by atoms with Gasteiger partial charge in [-0.3, -0.25) is 4.55 Å². The first-order chi connectivity index (χ1) is 20.5. The summed E-state index contributed by atoms with van der Waals surface area (Å²) in [5.41, 5.74) is 1.16. The molecule has 42 heavy (non-hydrogen) atoms. The van der Waals surface area contributed by atoms with Crippen molar-refractivity contribution in [3.63, 3.8) is 0 Å². The molecule has 0 saturated heterocycles. The van der Waals surface area contributed by atoms with Gasteiger partial charge in [0.2, 0.25) is 5.78 Å². The molecule has 0 saturated carbocycles. The lowest BCUT2D eigenvalue weighted by Gasteiger charge is -2.37. The van der Waals surface area contributed by atoms with Gasteiger partial charge in [0.15, 0.2) is 11.1 Å². The lowest BCUT2D eigenvalue weighted by molar-refractivity contribution is 0.445. The lowest BCUT2D eigenvalue weighted by Crippen LogP contribution is -2.41. The van der Waals surface area contributed by atoms with Crippen LogP contribution in [0.5, 0.6) is 0 Å². The molecule has 208 valence electrons. The second kappa shape index (κ2) is 11.8. The van der Waals surface area contributed by atoms with Crippen molar-refractivity contribution in [3.8, 4) is 11.4 Å². The Morgan fingerprint density at radius 3 is 1.43 bits per heavy atom. The summed E-state index contributed by atoms with van der Waals surface area (Å²) in [5, 5.41) is 14.3. The zero-order valence-corrected chi connectivity index (χ0v) is 24.2. The van der Waals surface area contributed by atoms with Crippen LogP contribution in [-0.4, -0.2) is 33.2 Å². The van der Waals surface area contributed by atoms with E-state index in [9.17, 15) is 13.0 Å². The van der Waals surface area contributed by atoms with E-state index in [2.05, 4.69) is 15.5 Å². The molecule has 2 unspecified atom stereocenters. The maximum Gasteiger partial charge on any atom is 0.278 e. The van der Waals surface area contributed by atoms with E-state index in [1.165, 1.54) is 0 Å². The number of benzene rings is 5. The minimum absolute atomic E-state index is 0.400. The molecule has 2 atom stereocenters. The van der Waals surface area contributed by atoms with Gasteiger partial charge in [0.05, 0.1) is 0 Å². The standard InChI is InChI=1S/C33H27N4O3PS/c38-42(39,40)31(26-16-6-1-7-17-26)33(37-32(34-35-36-37)27-18-8-2-9-19-27)41(28-20-10-3-11-21-28,29-22-12-4-13-23-29)30-24-14-5-15-25-30/h1-25,31,33H/p+1. The normalized spacial score (nSPS) is 13.4. The highest BCUT2D eigenvalue weighted by atomic mass is 32.2. The Morgan fingerprint density at radius 2 is 1.00 bits per heavy atom. The molecule has 1 N–H and O–H groups in total. The Morgan fingerprint density at radius 1 is 0.595 bits per heavy atom. The lowest BCUT2D eigenvalue weighted by atomic mass is 10.1. The fraction of sp³-hybridized carbons (Fsp3) is 0.0606. The minimum atomic E-state index is -4.74. The van der Waals surface area contributed by atoms with Gasteiger partial charge in [0, 0.05) is 5.56 Å². The maximum atomic E-state index is 13.7. The highest BCUT2D eigenvalue weighted by Crippen LogP contribution is 2.69. The van der Waals surface area contributed by atoms with Crippen LogP contribution in [0.15, 0.2) is 152 Å². The van der Waals surface area contributed by atoms with E-state index in [4.69, 9.17) is 0 Å². The van der Waals surface area contributed by atoms with Gasteiger partial charge in [0.1, 0.15) is 23.2 Å². The minimum Gasteiger partial charge on any atom is -0.285 e. The summed E-state index contributed by atoms with van der Waals surface area (Å²) in [7, 11) is -7.77. The van der Waals surface area contributed by atoms with Crippen molar-refractivity contribution < 1.29 is 13.0 Å². The molecular formula is C33H28N4O3PS+. The van der Waals surface area contributed by atoms with Crippen molar-refractivity contribution in [1.82, 2.24) is 20.2 Å². The Labute approximate surface area is 245 Å². The molecule has 0 bridgehead atoms. The van der Waals surface area contributed by atoms with Crippen molar-refractivity contribution in [2.45, 2.75) is 11.0 Å². The molecule has 6 rings (SSSR count). The van der Waals surface area contributed by atoms with Gasteiger partial charge in [-0.25, -0.2) is 0 Å². The van der Waals surface area contributed by atoms with Gasteiger partial charge < -0.3 is 0 Å². The van der Waals surface area contributed by atoms with Crippen molar-refractivity contribution in [2.24, 2.45) is 0 Å². The number of tetrazole rings is 1. The van der Waals surface area contributed by atoms with E-state index >= 15 is 0 Å². The monoisotopic (exact) mass is 591 g/mol. The predicted octanol–water partition coefficient (Wildman–Crippen LogP) is 5.46. The molecule has 0 spiro atoms. The molecule has 0 aliphatic heterocycles. The summed E-state index contributed by atoms with van der Waals surface area (Å²) in [4.78, 5) is 0. The Hall–Kier alpha value is -4.49. The van der Waals surface area contributed by atoms with Crippen LogP contribution in [-0.2, 0) is 10.1 Å². The molecular weight excluding hydrogens is 563 g/mol. The molecule has 0 radical (unpaired) electrons. The molecule has 0 aliphatic carbocycles. The van der Waals surface area contributed by atoms with Gasteiger partial charge in [0.25, 0.3) is 10.1 Å². The van der Waals surface area contributed by atoms with E-state index in [0.717, 1.165) is 21.5 Å². The quantitative estimate of drug-likeness (QED) is 0.177. The van der Waals surface area contributed by atoms with Gasteiger partial charge in [-0.05, 0) is 52.4 Å². The van der Waals surface area contributed by atoms with Crippen LogP contribution in [0, 0.1) is 0 Å². The molecule has 0 aliphatic rings. The summed E-state index contributed by atoms with van der Waals surface area (Å²) in [6.07, 6.45) is 0. The van der Waals surface area contributed by atoms with E-state index in [-0.39, 0.29) is 0 Å². The Balaban J connectivity index is 1.82. The summed E-state index contributed by atoms with van der Waals surface area (Å²) < 4.78 is 40.3. The largest absolute Gasteiger partial charge is 0.285 e. The Bertz CT molecular complexity index is 1760. The number of hydrogen-bond donors (Lipinski definition) is 1. The topological polar surface area (TPSA) is 98.0 Å². The third kappa shape index (κ3) is 5.05. The second-order valence-electron chi connectivity index (χ2n) is 9.80. The average molecular weight is 592 g/mol. The van der Waals surface area contributed by atoms with Gasteiger partial charge >= 0.3 is 0 Å². The predicted molar refractivity (Wildman–Crippen MR) is 168 cm³/mol. The summed E-state index contributed by atoms with van der Waals surface area (Å²) in [5.74, 6) is -0.579. The van der Waals surface area contributed by atoms with Crippen LogP contribution in [0.1, 0.15) is 16.6 Å². The third-order valence-corrected chi connectivity index (χ3v) is 13.4. The highest BCUT2D eigenvalue weighted by Gasteiger charge is 2.61. The second-order valence-corrected chi connectivity index (χ2v) is 14.9. The Kier molecular flexibility index (Phi) is 7.76. The SMILES string of the molecule is O=S(=O)(O)C(c1ccccc1)C(n1nnnc1-c1ccccc1)[P+](c1ccccc1)(c1ccccc1)c1ccccc1. The zero-order valence-electron chi connectivity index (χ0n) is 22.5. The van der Waals surface area contributed by atoms with E-state index < -0.39 is 28.4 Å². The summed E-state index contributed by atoms with van der Waals surface area (Å²) in [6, 6.07) is 48.0. The smallest absolute Gasteiger partial charge is 0.278 e. The highest BCUT2D eigenvalue weighted by molar-refractivity contribution is 7.97. The van der Waals surface area contributed by atoms with Crippen molar-refractivity contribution in [3.05, 3.63) is 157 Å². The first-order valence-electron chi connectivity index (χ1n) is 13.4. The number of hydrogen-bond acceptors (Lipinski definition) is 5. The molecule has 0 fully saturated rings. The molecule has 1 aromatic heterocycles. The van der Waals surface area contributed by atoms with E-state index in [1.54, 1.807) is 28.9 Å². The first kappa shape index (κ1) is 27.7. The first-order valence-corrected chi connectivity index (χ1v) is 16.8. The molecule has 9 heteroatoms. The van der Waals surface area contributed by atoms with Crippen molar-refractivity contribution in [1.29, 1.82) is 0 Å². The van der Waals surface area contributed by atoms with Crippen molar-refractivity contribution in [2.75, 3.05) is 0 Å². The average Bonchev–Trinajstić information content (AvgIpc) is 3.52. The number of nitrogens with zero attached hydrogens (tertiary/aromatic N) is 4. The van der Waals surface area contributed by atoms with E-state index in [0.29, 0.717) is 11.4 Å². The fourth-order valence-electron chi connectivity index (χ4n) is 5.68. The number of rotatable bonds is 9. The number of aromatic nitrogens is 4. The molecule has 0 amide bonds. The van der Waals surface area contributed by atoms with Crippen LogP contribution >= 0.6 is 7.26 Å². The zero-order chi connectivity index (χ0) is 29.0. The van der Waals surface area contributed by atoms with Gasteiger partial charge in [-0.15, -0.1) is 5.10 Å². The van der Waals surface area contributed by atoms with Crippen LogP contribution in [0.2, 0.25) is 0 Å². The van der Waals surface area contributed by atoms with Gasteiger partial charge in [-0.1, -0.05) is 115 Å². The van der Waals surface area contributed by atoms with Crippen LogP contribution in [0.4, 0.5) is 0 Å². The van der Waals surface area contributed by atoms with Crippen LogP contribution < -0.4 is 15.9 Å². The van der Waals surface area contributed by atoms with E-state index in [1.807, 2.05) is 127 Å². The van der Waals surface area contributed by atoms with Gasteiger partial charge in [-0.2, -0.15) is 13.1 Å².